The van der Waals surface area contributed by atoms with Gasteiger partial charge >= 0.3 is 0 Å². The summed E-state index contributed by atoms with van der Waals surface area (Å²) < 4.78 is 31.0. The molecule has 2 aromatic rings. The first kappa shape index (κ1) is 26.9. The van der Waals surface area contributed by atoms with Crippen molar-refractivity contribution in [1.29, 1.82) is 5.26 Å². The number of anilines is 1. The molecule has 1 atom stereocenters. The van der Waals surface area contributed by atoms with E-state index in [0.717, 1.165) is 63.7 Å². The lowest BCUT2D eigenvalue weighted by Crippen LogP contribution is -2.40. The Morgan fingerprint density at radius 1 is 1.05 bits per heavy atom. The summed E-state index contributed by atoms with van der Waals surface area (Å²) in [6, 6.07) is 10.8. The van der Waals surface area contributed by atoms with Gasteiger partial charge in [0.25, 0.3) is 5.92 Å². The molecule has 1 fully saturated rings. The van der Waals surface area contributed by atoms with Crippen LogP contribution in [-0.2, 0) is 12.5 Å². The Morgan fingerprint density at radius 2 is 1.81 bits per heavy atom. The number of nitrogens with two attached hydrogens (primary N) is 2. The minimum absolute atomic E-state index is 0.0632. The predicted octanol–water partition coefficient (Wildman–Crippen LogP) is 5.48. The molecule has 6 nitrogen and oxygen atoms in total. The molecule has 1 aromatic heterocycles. The van der Waals surface area contributed by atoms with E-state index in [2.05, 4.69) is 21.3 Å². The van der Waals surface area contributed by atoms with Crippen molar-refractivity contribution in [2.24, 2.45) is 11.7 Å². The largest absolute Gasteiger partial charge is 0.403 e. The van der Waals surface area contributed by atoms with Gasteiger partial charge in [0.2, 0.25) is 0 Å². The van der Waals surface area contributed by atoms with E-state index in [4.69, 9.17) is 11.5 Å². The van der Waals surface area contributed by atoms with E-state index >= 15 is 8.78 Å². The number of nitrogens with one attached hydrogen (secondary N) is 1. The Hall–Kier alpha value is -3.18. The van der Waals surface area contributed by atoms with E-state index in [1.165, 1.54) is 12.3 Å². The molecule has 6 bridgehead atoms. The summed E-state index contributed by atoms with van der Waals surface area (Å²) in [7, 11) is 0. The van der Waals surface area contributed by atoms with Crippen LogP contribution in [0.25, 0.3) is 5.70 Å². The zero-order valence-electron chi connectivity index (χ0n) is 21.4. The minimum Gasteiger partial charge on any atom is -0.403 e. The van der Waals surface area contributed by atoms with Gasteiger partial charge in [-0.15, -0.1) is 0 Å². The summed E-state index contributed by atoms with van der Waals surface area (Å²) >= 11 is 0. The normalized spacial score (nSPS) is 26.3. The fourth-order valence-electron chi connectivity index (χ4n) is 5.48. The Morgan fingerprint density at radius 3 is 2.57 bits per heavy atom. The van der Waals surface area contributed by atoms with Crippen LogP contribution in [0.2, 0.25) is 0 Å². The molecule has 0 radical (unpaired) electrons. The molecule has 4 heterocycles. The number of rotatable bonds is 0. The highest BCUT2D eigenvalue weighted by atomic mass is 19.3. The molecule has 3 aliphatic heterocycles. The van der Waals surface area contributed by atoms with Crippen LogP contribution in [0.3, 0.4) is 0 Å². The van der Waals surface area contributed by atoms with Gasteiger partial charge in [-0.3, -0.25) is 4.98 Å². The number of pyridine rings is 1. The number of piperidine rings is 1. The summed E-state index contributed by atoms with van der Waals surface area (Å²) in [6.45, 7) is 2.73. The monoisotopic (exact) mass is 508 g/mol. The second-order valence-corrected chi connectivity index (χ2v) is 10.3. The number of nitrogen functional groups attached to an aromatic ring is 1. The van der Waals surface area contributed by atoms with Crippen molar-refractivity contribution in [3.8, 4) is 6.07 Å². The van der Waals surface area contributed by atoms with Gasteiger partial charge in [0.1, 0.15) is 0 Å². The fourth-order valence-corrected chi connectivity index (χ4v) is 5.48. The van der Waals surface area contributed by atoms with Crippen molar-refractivity contribution in [3.63, 3.8) is 0 Å². The first-order chi connectivity index (χ1) is 17.9. The maximum atomic E-state index is 15.5. The van der Waals surface area contributed by atoms with Crippen LogP contribution in [0, 0.1) is 17.2 Å². The summed E-state index contributed by atoms with van der Waals surface area (Å²) in [6.07, 6.45) is 10.0. The molecule has 0 amide bonds. The average Bonchev–Trinajstić information content (AvgIpc) is 2.91. The van der Waals surface area contributed by atoms with Gasteiger partial charge in [-0.1, -0.05) is 43.9 Å². The van der Waals surface area contributed by atoms with Crippen LogP contribution in [0.5, 0.6) is 0 Å². The van der Waals surface area contributed by atoms with Gasteiger partial charge in [-0.05, 0) is 63.0 Å². The summed E-state index contributed by atoms with van der Waals surface area (Å²) in [5, 5.41) is 13.1. The van der Waals surface area contributed by atoms with Crippen molar-refractivity contribution in [2.75, 3.05) is 25.4 Å². The number of fused-ring (bicyclic) bond motifs is 11. The molecule has 0 saturated carbocycles. The molecule has 1 unspecified atom stereocenters. The number of halogens is 2. The first-order valence-electron chi connectivity index (χ1n) is 13.4. The van der Waals surface area contributed by atoms with Crippen molar-refractivity contribution in [1.82, 2.24) is 15.2 Å². The van der Waals surface area contributed by atoms with E-state index in [9.17, 15) is 5.26 Å². The number of nitrogens with zero attached hydrogens (tertiary/aromatic N) is 3. The summed E-state index contributed by atoms with van der Waals surface area (Å²) in [5.74, 6) is -3.84. The lowest BCUT2D eigenvalue weighted by molar-refractivity contribution is -0.0855. The van der Waals surface area contributed by atoms with Crippen molar-refractivity contribution < 1.29 is 8.78 Å². The quantitative estimate of drug-likeness (QED) is 0.436. The highest BCUT2D eigenvalue weighted by Crippen LogP contribution is 2.41. The molecule has 1 saturated heterocycles. The van der Waals surface area contributed by atoms with Crippen LogP contribution in [0.15, 0.2) is 42.7 Å². The molecular weight excluding hydrogens is 470 g/mol. The number of hydrogen-bond acceptors (Lipinski definition) is 6. The molecule has 37 heavy (non-hydrogen) atoms. The van der Waals surface area contributed by atoms with Crippen LogP contribution >= 0.6 is 0 Å². The second-order valence-electron chi connectivity index (χ2n) is 10.3. The van der Waals surface area contributed by atoms with Gasteiger partial charge in [0.15, 0.2) is 0 Å². The third-order valence-corrected chi connectivity index (χ3v) is 7.79. The lowest BCUT2D eigenvalue weighted by atomic mass is 9.86. The maximum Gasteiger partial charge on any atom is 0.276 e. The van der Waals surface area contributed by atoms with Gasteiger partial charge in [0.05, 0.1) is 35.3 Å². The summed E-state index contributed by atoms with van der Waals surface area (Å²) in [4.78, 5) is 6.76. The SMILES string of the molecule is N#CC1CCCCCCCN2CCC(CC2)C(F)(F)c2cccc(c2)CN/C(=C/N)c2cc1ncc2N. The third-order valence-electron chi connectivity index (χ3n) is 7.79. The van der Waals surface area contributed by atoms with Crippen molar-refractivity contribution in [2.45, 2.75) is 69.8 Å². The van der Waals surface area contributed by atoms with E-state index in [0.29, 0.717) is 42.0 Å². The Balaban J connectivity index is 1.59. The highest BCUT2D eigenvalue weighted by Gasteiger charge is 2.42. The van der Waals surface area contributed by atoms with Crippen LogP contribution in [0.1, 0.15) is 79.7 Å². The molecule has 5 rings (SSSR count). The third kappa shape index (κ3) is 6.58. The molecular formula is C29H38F2N6. The van der Waals surface area contributed by atoms with Gasteiger partial charge in [0, 0.05) is 29.8 Å². The summed E-state index contributed by atoms with van der Waals surface area (Å²) in [5.41, 5.74) is 15.3. The molecule has 0 aliphatic carbocycles. The van der Waals surface area contributed by atoms with E-state index in [1.807, 2.05) is 12.1 Å². The van der Waals surface area contributed by atoms with Gasteiger partial charge in [-0.2, -0.15) is 5.26 Å². The highest BCUT2D eigenvalue weighted by molar-refractivity contribution is 5.73. The zero-order chi connectivity index (χ0) is 26.3. The first-order valence-corrected chi connectivity index (χ1v) is 13.4. The zero-order valence-corrected chi connectivity index (χ0v) is 21.4. The lowest BCUT2D eigenvalue weighted by Gasteiger charge is -2.36. The van der Waals surface area contributed by atoms with Crippen LogP contribution in [0.4, 0.5) is 14.5 Å². The number of alkyl halides is 2. The number of benzene rings is 1. The van der Waals surface area contributed by atoms with Gasteiger partial charge in [-0.25, -0.2) is 8.78 Å². The molecule has 1 aromatic carbocycles. The minimum atomic E-state index is -2.87. The number of nitriles is 1. The van der Waals surface area contributed by atoms with E-state index in [-0.39, 0.29) is 11.5 Å². The predicted molar refractivity (Wildman–Crippen MR) is 143 cm³/mol. The number of aromatic nitrogens is 1. The molecule has 3 aliphatic rings. The van der Waals surface area contributed by atoms with E-state index < -0.39 is 11.8 Å². The van der Waals surface area contributed by atoms with Gasteiger partial charge < -0.3 is 21.7 Å². The van der Waals surface area contributed by atoms with E-state index in [1.54, 1.807) is 18.3 Å². The second kappa shape index (κ2) is 12.4. The molecule has 5 N–H and O–H groups in total. The van der Waals surface area contributed by atoms with Crippen LogP contribution in [-0.4, -0.2) is 29.5 Å². The Kier molecular flexibility index (Phi) is 8.99. The van der Waals surface area contributed by atoms with Crippen molar-refractivity contribution in [3.05, 3.63) is 65.1 Å². The standard InChI is InChI=1S/C29H38F2N6/c30-29(31)23-10-13-37(14-11-23)12-5-3-1-2-4-8-22(17-32)27-16-25(26(34)20-36-27)28(18-33)35-19-21-7-6-9-24(29)15-21/h6-7,9,15-16,18,20,22-23,35H,1-5,8,10-14,19,33-34H2/b28-18+. The fraction of sp³-hybridized carbons (Fsp3) is 0.517. The molecule has 198 valence electrons. The van der Waals surface area contributed by atoms with Crippen LogP contribution < -0.4 is 16.8 Å². The smallest absolute Gasteiger partial charge is 0.276 e. The average molecular weight is 509 g/mol. The molecule has 0 spiro atoms. The Bertz CT molecular complexity index is 1120. The topological polar surface area (TPSA) is 104 Å². The molecule has 8 heteroatoms. The van der Waals surface area contributed by atoms with Crippen molar-refractivity contribution >= 4 is 11.4 Å². The maximum absolute atomic E-state index is 15.5. The Labute approximate surface area is 218 Å². The number of hydrogen-bond donors (Lipinski definition) is 3.